The summed E-state index contributed by atoms with van der Waals surface area (Å²) in [5, 5.41) is 14.0. The molecule has 0 aromatic heterocycles. The van der Waals surface area contributed by atoms with E-state index in [1.807, 2.05) is 48.5 Å². The molecule has 3 aromatic carbocycles. The molecule has 0 fully saturated rings. The van der Waals surface area contributed by atoms with E-state index >= 15 is 0 Å². The van der Waals surface area contributed by atoms with Gasteiger partial charge in [0.25, 0.3) is 11.6 Å². The maximum atomic E-state index is 12.4. The van der Waals surface area contributed by atoms with Crippen LogP contribution in [0.5, 0.6) is 11.5 Å². The lowest BCUT2D eigenvalue weighted by Crippen LogP contribution is -2.23. The lowest BCUT2D eigenvalue weighted by atomic mass is 10.1. The first kappa shape index (κ1) is 18.4. The second-order valence-electron chi connectivity index (χ2n) is 5.62. The summed E-state index contributed by atoms with van der Waals surface area (Å²) in [7, 11) is 0. The Hall–Kier alpha value is -3.38. The minimum absolute atomic E-state index is 0.0501. The normalized spacial score (nSPS) is 10.3. The highest BCUT2D eigenvalue weighted by Crippen LogP contribution is 2.26. The van der Waals surface area contributed by atoms with Crippen LogP contribution < -0.4 is 10.1 Å². The van der Waals surface area contributed by atoms with Gasteiger partial charge in [0.05, 0.1) is 4.92 Å². The van der Waals surface area contributed by atoms with Gasteiger partial charge in [-0.1, -0.05) is 48.0 Å². The number of benzene rings is 3. The van der Waals surface area contributed by atoms with Gasteiger partial charge in [0.15, 0.2) is 0 Å². The fraction of sp³-hybridized carbons (Fsp3) is 0.0500. The molecule has 0 saturated carbocycles. The third kappa shape index (κ3) is 4.62. The van der Waals surface area contributed by atoms with Crippen LogP contribution in [-0.4, -0.2) is 10.8 Å². The lowest BCUT2D eigenvalue weighted by molar-refractivity contribution is -0.385. The van der Waals surface area contributed by atoms with Crippen molar-refractivity contribution >= 4 is 23.2 Å². The molecule has 7 heteroatoms. The van der Waals surface area contributed by atoms with Crippen LogP contribution >= 0.6 is 11.6 Å². The monoisotopic (exact) mass is 382 g/mol. The Bertz CT molecular complexity index is 977. The van der Waals surface area contributed by atoms with E-state index in [0.29, 0.717) is 11.5 Å². The predicted molar refractivity (Wildman–Crippen MR) is 102 cm³/mol. The number of hydrogen-bond donors (Lipinski definition) is 1. The largest absolute Gasteiger partial charge is 0.457 e. The summed E-state index contributed by atoms with van der Waals surface area (Å²) in [6.45, 7) is 0.154. The summed E-state index contributed by atoms with van der Waals surface area (Å²) in [6.07, 6.45) is 0. The summed E-state index contributed by atoms with van der Waals surface area (Å²) in [5.74, 6) is 0.701. The van der Waals surface area contributed by atoms with Crippen LogP contribution in [0.1, 0.15) is 15.9 Å². The first-order valence-electron chi connectivity index (χ1n) is 8.07. The molecule has 0 radical (unpaired) electrons. The molecule has 3 rings (SSSR count). The highest BCUT2D eigenvalue weighted by Gasteiger charge is 2.20. The number of nitrogens with one attached hydrogen (secondary N) is 1. The highest BCUT2D eigenvalue weighted by molar-refractivity contribution is 6.31. The molecule has 0 atom stereocenters. The standard InChI is InChI=1S/C20H15ClN2O4/c21-15-10-11-17(18(12-15)23(25)26)20(24)22-13-14-6-4-5-9-19(14)27-16-7-2-1-3-8-16/h1-12H,13H2,(H,22,24). The number of rotatable bonds is 6. The Balaban J connectivity index is 1.76. The number of carbonyl (C=O) groups excluding carboxylic acids is 1. The molecule has 0 spiro atoms. The molecule has 0 aliphatic rings. The third-order valence-corrected chi connectivity index (χ3v) is 4.02. The molecule has 1 N–H and O–H groups in total. The highest BCUT2D eigenvalue weighted by atomic mass is 35.5. The van der Waals surface area contributed by atoms with Crippen LogP contribution in [0.25, 0.3) is 0 Å². The Morgan fingerprint density at radius 3 is 2.48 bits per heavy atom. The quantitative estimate of drug-likeness (QED) is 0.482. The van der Waals surface area contributed by atoms with Crippen molar-refractivity contribution < 1.29 is 14.5 Å². The average Bonchev–Trinajstić information content (AvgIpc) is 2.67. The van der Waals surface area contributed by atoms with Crippen LogP contribution in [0.4, 0.5) is 5.69 Å². The number of halogens is 1. The molecular weight excluding hydrogens is 368 g/mol. The second kappa shape index (κ2) is 8.33. The molecule has 1 amide bonds. The van der Waals surface area contributed by atoms with Crippen LogP contribution in [0.15, 0.2) is 72.8 Å². The summed E-state index contributed by atoms with van der Waals surface area (Å²) < 4.78 is 5.85. The van der Waals surface area contributed by atoms with Gasteiger partial charge in [0.2, 0.25) is 0 Å². The minimum atomic E-state index is -0.632. The topological polar surface area (TPSA) is 81.5 Å². The summed E-state index contributed by atoms with van der Waals surface area (Å²) in [4.78, 5) is 22.9. The Labute approximate surface area is 160 Å². The molecule has 3 aromatic rings. The van der Waals surface area contributed by atoms with E-state index in [9.17, 15) is 14.9 Å². The van der Waals surface area contributed by atoms with Gasteiger partial charge >= 0.3 is 0 Å². The van der Waals surface area contributed by atoms with Crippen molar-refractivity contribution in [1.82, 2.24) is 5.32 Å². The van der Waals surface area contributed by atoms with E-state index in [-0.39, 0.29) is 22.8 Å². The van der Waals surface area contributed by atoms with Crippen LogP contribution in [0, 0.1) is 10.1 Å². The molecule has 6 nitrogen and oxygen atoms in total. The minimum Gasteiger partial charge on any atom is -0.457 e. The first-order valence-corrected chi connectivity index (χ1v) is 8.45. The van der Waals surface area contributed by atoms with Crippen molar-refractivity contribution in [2.24, 2.45) is 0 Å². The summed E-state index contributed by atoms with van der Waals surface area (Å²) in [6, 6.07) is 20.4. The molecule has 0 heterocycles. The molecule has 0 aliphatic heterocycles. The van der Waals surface area contributed by atoms with Crippen LogP contribution in [0.2, 0.25) is 5.02 Å². The summed E-state index contributed by atoms with van der Waals surface area (Å²) in [5.41, 5.74) is 0.353. The molecular formula is C20H15ClN2O4. The smallest absolute Gasteiger partial charge is 0.283 e. The number of para-hydroxylation sites is 2. The Kier molecular flexibility index (Phi) is 5.68. The van der Waals surface area contributed by atoms with Crippen LogP contribution in [-0.2, 0) is 6.54 Å². The fourth-order valence-corrected chi connectivity index (χ4v) is 2.65. The zero-order valence-electron chi connectivity index (χ0n) is 14.1. The third-order valence-electron chi connectivity index (χ3n) is 3.78. The van der Waals surface area contributed by atoms with Gasteiger partial charge < -0.3 is 10.1 Å². The van der Waals surface area contributed by atoms with E-state index < -0.39 is 10.8 Å². The zero-order chi connectivity index (χ0) is 19.2. The number of nitrogens with zero attached hydrogens (tertiary/aromatic N) is 1. The van der Waals surface area contributed by atoms with Gasteiger partial charge in [-0.15, -0.1) is 0 Å². The van der Waals surface area contributed by atoms with Gasteiger partial charge in [0, 0.05) is 23.2 Å². The van der Waals surface area contributed by atoms with Crippen molar-refractivity contribution in [2.75, 3.05) is 0 Å². The number of nitro benzene ring substituents is 1. The van der Waals surface area contributed by atoms with Gasteiger partial charge in [-0.2, -0.15) is 0 Å². The predicted octanol–water partition coefficient (Wildman–Crippen LogP) is 4.97. The van der Waals surface area contributed by atoms with Crippen molar-refractivity contribution in [3.8, 4) is 11.5 Å². The number of carbonyl (C=O) groups is 1. The molecule has 27 heavy (non-hydrogen) atoms. The zero-order valence-corrected chi connectivity index (χ0v) is 14.8. The second-order valence-corrected chi connectivity index (χ2v) is 6.06. The fourth-order valence-electron chi connectivity index (χ4n) is 2.48. The number of amides is 1. The number of ether oxygens (including phenoxy) is 1. The Morgan fingerprint density at radius 2 is 1.74 bits per heavy atom. The lowest BCUT2D eigenvalue weighted by Gasteiger charge is -2.12. The van der Waals surface area contributed by atoms with E-state index in [2.05, 4.69) is 5.32 Å². The number of nitro groups is 1. The molecule has 0 aliphatic carbocycles. The van der Waals surface area contributed by atoms with Gasteiger partial charge in [-0.3, -0.25) is 14.9 Å². The average molecular weight is 383 g/mol. The molecule has 136 valence electrons. The van der Waals surface area contributed by atoms with E-state index in [1.165, 1.54) is 12.1 Å². The van der Waals surface area contributed by atoms with Crippen molar-refractivity contribution in [1.29, 1.82) is 0 Å². The van der Waals surface area contributed by atoms with E-state index in [0.717, 1.165) is 11.6 Å². The van der Waals surface area contributed by atoms with Gasteiger partial charge in [0.1, 0.15) is 17.1 Å². The van der Waals surface area contributed by atoms with E-state index in [4.69, 9.17) is 16.3 Å². The van der Waals surface area contributed by atoms with Gasteiger partial charge in [-0.25, -0.2) is 0 Å². The van der Waals surface area contributed by atoms with E-state index in [1.54, 1.807) is 6.07 Å². The molecule has 0 unspecified atom stereocenters. The van der Waals surface area contributed by atoms with Crippen molar-refractivity contribution in [3.05, 3.63) is 99.1 Å². The summed E-state index contributed by atoms with van der Waals surface area (Å²) >= 11 is 5.78. The molecule has 0 saturated heterocycles. The number of hydrogen-bond acceptors (Lipinski definition) is 4. The van der Waals surface area contributed by atoms with Crippen molar-refractivity contribution in [2.45, 2.75) is 6.54 Å². The van der Waals surface area contributed by atoms with Crippen molar-refractivity contribution in [3.63, 3.8) is 0 Å². The maximum absolute atomic E-state index is 12.4. The maximum Gasteiger partial charge on any atom is 0.283 e. The molecule has 0 bridgehead atoms. The first-order chi connectivity index (χ1) is 13.0. The van der Waals surface area contributed by atoms with Gasteiger partial charge in [-0.05, 0) is 30.3 Å². The van der Waals surface area contributed by atoms with Crippen LogP contribution in [0.3, 0.4) is 0 Å². The SMILES string of the molecule is O=C(NCc1ccccc1Oc1ccccc1)c1ccc(Cl)cc1[N+](=O)[O-]. The Morgan fingerprint density at radius 1 is 1.04 bits per heavy atom.